The van der Waals surface area contributed by atoms with E-state index in [2.05, 4.69) is 9.40 Å². The van der Waals surface area contributed by atoms with Gasteiger partial charge in [0.2, 0.25) is 0 Å². The topological polar surface area (TPSA) is 69.1 Å². The monoisotopic (exact) mass is 162 g/mol. The summed E-state index contributed by atoms with van der Waals surface area (Å²) in [5.74, 6) is -1.68. The number of carbonyl (C=O) groups excluding carboxylic acids is 1. The molecule has 0 aliphatic carbocycles. The molecule has 1 rings (SSSR count). The third kappa shape index (κ3) is 1.51. The Balaban J connectivity index is 2.90. The lowest BCUT2D eigenvalue weighted by atomic mass is 10.5. The van der Waals surface area contributed by atoms with Crippen LogP contribution in [-0.2, 0) is 0 Å². The van der Waals surface area contributed by atoms with E-state index in [-0.39, 0.29) is 5.69 Å². The normalized spacial score (nSPS) is 10.5. The first-order chi connectivity index (χ1) is 5.11. The van der Waals surface area contributed by atoms with E-state index in [0.29, 0.717) is 0 Å². The molecule has 0 atom stereocenters. The van der Waals surface area contributed by atoms with Gasteiger partial charge in [0.05, 0.1) is 0 Å². The number of oxazole rings is 1. The molecule has 1 heterocycles. The van der Waals surface area contributed by atoms with Crippen molar-refractivity contribution < 1.29 is 18.0 Å². The van der Waals surface area contributed by atoms with Crippen molar-refractivity contribution in [1.82, 2.24) is 4.98 Å². The first-order valence-electron chi connectivity index (χ1n) is 2.64. The lowest BCUT2D eigenvalue weighted by Crippen LogP contribution is -2.11. The number of halogens is 2. The molecule has 1 aromatic heterocycles. The maximum atomic E-state index is 11.7. The second-order valence-corrected chi connectivity index (χ2v) is 1.74. The second-order valence-electron chi connectivity index (χ2n) is 1.74. The quantitative estimate of drug-likeness (QED) is 0.696. The van der Waals surface area contributed by atoms with Crippen molar-refractivity contribution in [3.05, 3.63) is 17.8 Å². The smallest absolute Gasteiger partial charge is 0.313 e. The van der Waals surface area contributed by atoms with Crippen molar-refractivity contribution in [2.24, 2.45) is 5.73 Å². The molecular formula is C5H4F2N2O2. The molecule has 2 N–H and O–H groups in total. The van der Waals surface area contributed by atoms with Gasteiger partial charge in [0.25, 0.3) is 11.8 Å². The van der Waals surface area contributed by atoms with E-state index in [0.717, 1.165) is 6.26 Å². The van der Waals surface area contributed by atoms with Gasteiger partial charge in [-0.05, 0) is 0 Å². The Bertz CT molecular complexity index is 271. The van der Waals surface area contributed by atoms with Crippen LogP contribution in [0.5, 0.6) is 0 Å². The van der Waals surface area contributed by atoms with Gasteiger partial charge in [-0.1, -0.05) is 0 Å². The molecule has 0 aliphatic rings. The number of carbonyl (C=O) groups is 1. The minimum atomic E-state index is -2.82. The summed E-state index contributed by atoms with van der Waals surface area (Å²) in [4.78, 5) is 13.4. The molecule has 0 aliphatic heterocycles. The minimum absolute atomic E-state index is 0.291. The molecule has 0 saturated heterocycles. The Morgan fingerprint density at radius 2 is 2.36 bits per heavy atom. The lowest BCUT2D eigenvalue weighted by molar-refractivity contribution is 0.0995. The summed E-state index contributed by atoms with van der Waals surface area (Å²) in [6.45, 7) is 0. The second kappa shape index (κ2) is 2.65. The standard InChI is InChI=1S/C5H4F2N2O2/c6-3(7)5-9-2(1-11-5)4(8)10/h1,3H,(H2,8,10). The van der Waals surface area contributed by atoms with Crippen molar-refractivity contribution >= 4 is 5.91 Å². The van der Waals surface area contributed by atoms with Crippen LogP contribution in [0.15, 0.2) is 10.7 Å². The van der Waals surface area contributed by atoms with E-state index in [1.807, 2.05) is 0 Å². The molecule has 11 heavy (non-hydrogen) atoms. The van der Waals surface area contributed by atoms with Crippen molar-refractivity contribution in [2.75, 3.05) is 0 Å². The maximum absolute atomic E-state index is 11.7. The number of aromatic nitrogens is 1. The predicted molar refractivity (Wildman–Crippen MR) is 30.0 cm³/mol. The van der Waals surface area contributed by atoms with E-state index in [1.165, 1.54) is 0 Å². The van der Waals surface area contributed by atoms with E-state index in [9.17, 15) is 13.6 Å². The number of alkyl halides is 2. The fourth-order valence-electron chi connectivity index (χ4n) is 0.501. The molecule has 0 fully saturated rings. The van der Waals surface area contributed by atoms with Gasteiger partial charge >= 0.3 is 6.43 Å². The maximum Gasteiger partial charge on any atom is 0.313 e. The molecule has 0 bridgehead atoms. The molecule has 0 radical (unpaired) electrons. The molecular weight excluding hydrogens is 158 g/mol. The highest BCUT2D eigenvalue weighted by atomic mass is 19.3. The van der Waals surface area contributed by atoms with E-state index < -0.39 is 18.2 Å². The molecule has 0 saturated carbocycles. The Kier molecular flexibility index (Phi) is 1.84. The van der Waals surface area contributed by atoms with E-state index in [4.69, 9.17) is 5.73 Å². The van der Waals surface area contributed by atoms with Gasteiger partial charge < -0.3 is 10.2 Å². The van der Waals surface area contributed by atoms with E-state index in [1.54, 1.807) is 0 Å². The molecule has 0 unspecified atom stereocenters. The average Bonchev–Trinajstić information content (AvgIpc) is 2.33. The summed E-state index contributed by atoms with van der Waals surface area (Å²) in [6, 6.07) is 0. The van der Waals surface area contributed by atoms with Crippen LogP contribution < -0.4 is 5.73 Å². The third-order valence-electron chi connectivity index (χ3n) is 0.961. The highest BCUT2D eigenvalue weighted by Gasteiger charge is 2.16. The van der Waals surface area contributed by atoms with Gasteiger partial charge in [0.1, 0.15) is 6.26 Å². The van der Waals surface area contributed by atoms with Crippen molar-refractivity contribution in [3.8, 4) is 0 Å². The van der Waals surface area contributed by atoms with Crippen molar-refractivity contribution in [1.29, 1.82) is 0 Å². The number of rotatable bonds is 2. The first kappa shape index (κ1) is 7.64. The SMILES string of the molecule is NC(=O)c1coc(C(F)F)n1. The molecule has 6 heteroatoms. The highest BCUT2D eigenvalue weighted by Crippen LogP contribution is 2.16. The zero-order valence-corrected chi connectivity index (χ0v) is 5.25. The van der Waals surface area contributed by atoms with Crippen LogP contribution in [-0.4, -0.2) is 10.9 Å². The molecule has 1 aromatic rings. The van der Waals surface area contributed by atoms with Gasteiger partial charge in [-0.2, -0.15) is 8.78 Å². The summed E-state index contributed by atoms with van der Waals surface area (Å²) in [5, 5.41) is 0. The fourth-order valence-corrected chi connectivity index (χ4v) is 0.501. The van der Waals surface area contributed by atoms with Crippen LogP contribution in [0.25, 0.3) is 0 Å². The predicted octanol–water partition coefficient (Wildman–Crippen LogP) is 0.711. The lowest BCUT2D eigenvalue weighted by Gasteiger charge is -1.86. The largest absolute Gasteiger partial charge is 0.443 e. The number of nitrogens with two attached hydrogens (primary N) is 1. The molecule has 0 aromatic carbocycles. The average molecular weight is 162 g/mol. The van der Waals surface area contributed by atoms with Crippen molar-refractivity contribution in [2.45, 2.75) is 6.43 Å². The van der Waals surface area contributed by atoms with Crippen LogP contribution in [0.2, 0.25) is 0 Å². The number of nitrogens with zero attached hydrogens (tertiary/aromatic N) is 1. The summed E-state index contributed by atoms with van der Waals surface area (Å²) >= 11 is 0. The Morgan fingerprint density at radius 1 is 1.73 bits per heavy atom. The summed E-state index contributed by atoms with van der Waals surface area (Å²) in [7, 11) is 0. The number of hydrogen-bond donors (Lipinski definition) is 1. The molecule has 60 valence electrons. The van der Waals surface area contributed by atoms with Gasteiger partial charge in [-0.25, -0.2) is 4.98 Å². The Morgan fingerprint density at radius 3 is 2.64 bits per heavy atom. The number of hydrogen-bond acceptors (Lipinski definition) is 3. The van der Waals surface area contributed by atoms with Crippen LogP contribution >= 0.6 is 0 Å². The van der Waals surface area contributed by atoms with E-state index >= 15 is 0 Å². The number of amides is 1. The zero-order valence-electron chi connectivity index (χ0n) is 5.25. The zero-order chi connectivity index (χ0) is 8.43. The highest BCUT2D eigenvalue weighted by molar-refractivity contribution is 5.90. The van der Waals surface area contributed by atoms with Gasteiger partial charge in [0.15, 0.2) is 5.69 Å². The van der Waals surface area contributed by atoms with Gasteiger partial charge in [0, 0.05) is 0 Å². The van der Waals surface area contributed by atoms with Gasteiger partial charge in [-0.15, -0.1) is 0 Å². The molecule has 4 nitrogen and oxygen atoms in total. The summed E-state index contributed by atoms with van der Waals surface area (Å²) in [5.41, 5.74) is 4.43. The van der Waals surface area contributed by atoms with Crippen LogP contribution in [0.4, 0.5) is 8.78 Å². The van der Waals surface area contributed by atoms with Crippen LogP contribution in [0, 0.1) is 0 Å². The van der Waals surface area contributed by atoms with Crippen LogP contribution in [0.1, 0.15) is 22.8 Å². The third-order valence-corrected chi connectivity index (χ3v) is 0.961. The fraction of sp³-hybridized carbons (Fsp3) is 0.200. The van der Waals surface area contributed by atoms with Crippen molar-refractivity contribution in [3.63, 3.8) is 0 Å². The Hall–Kier alpha value is -1.46. The summed E-state index contributed by atoms with van der Waals surface area (Å²) in [6.07, 6.45) is -2.02. The molecule has 0 spiro atoms. The summed E-state index contributed by atoms with van der Waals surface area (Å²) < 4.78 is 27.7. The molecule has 1 amide bonds. The van der Waals surface area contributed by atoms with Crippen LogP contribution in [0.3, 0.4) is 0 Å². The number of primary amides is 1. The first-order valence-corrected chi connectivity index (χ1v) is 2.64. The Labute approximate surface area is 60.0 Å². The van der Waals surface area contributed by atoms with Gasteiger partial charge in [-0.3, -0.25) is 4.79 Å². The minimum Gasteiger partial charge on any atom is -0.443 e.